The molecule has 0 spiro atoms. The molecule has 0 fully saturated rings. The van der Waals surface area contributed by atoms with Gasteiger partial charge in [-0.05, 0) is 68.3 Å². The van der Waals surface area contributed by atoms with E-state index in [4.69, 9.17) is 18.9 Å². The van der Waals surface area contributed by atoms with Gasteiger partial charge in [-0.15, -0.1) is 0 Å². The Morgan fingerprint density at radius 3 is 2.56 bits per heavy atom. The third-order valence-corrected chi connectivity index (χ3v) is 6.32. The maximum Gasteiger partial charge on any atom is 0.338 e. The zero-order valence-corrected chi connectivity index (χ0v) is 20.7. The first kappa shape index (κ1) is 23.7. The first-order chi connectivity index (χ1) is 17.3. The number of rotatable bonds is 5. The van der Waals surface area contributed by atoms with Crippen LogP contribution in [0, 0.1) is 5.82 Å². The van der Waals surface area contributed by atoms with E-state index in [-0.39, 0.29) is 18.0 Å². The number of carbonyl (C=O) groups excluding carboxylic acids is 1. The van der Waals surface area contributed by atoms with Crippen LogP contribution in [0.1, 0.15) is 42.3 Å². The fourth-order valence-electron chi connectivity index (χ4n) is 4.88. The van der Waals surface area contributed by atoms with Gasteiger partial charge in [0.2, 0.25) is 0 Å². The molecule has 3 aromatic rings. The monoisotopic (exact) mass is 489 g/mol. The molecule has 0 radical (unpaired) electrons. The van der Waals surface area contributed by atoms with Crippen LogP contribution in [0.4, 0.5) is 10.1 Å². The molecule has 0 aliphatic carbocycles. The average molecular weight is 490 g/mol. The molecule has 2 heterocycles. The summed E-state index contributed by atoms with van der Waals surface area (Å²) in [5.41, 5.74) is 5.41. The van der Waals surface area contributed by atoms with E-state index in [1.54, 1.807) is 24.3 Å². The minimum Gasteiger partial charge on any atom is -0.496 e. The predicted octanol–water partition coefficient (Wildman–Crippen LogP) is 6.24. The SMILES string of the molecule is COc1cc(F)ccc1-c1ccc2c(c1COC(=O)c1ccc3c(c1)OCCO3)C(C)=CC(C)(C)N2. The Kier molecular flexibility index (Phi) is 6.08. The number of esters is 1. The molecule has 0 saturated heterocycles. The molecule has 5 rings (SSSR count). The Balaban J connectivity index is 1.54. The summed E-state index contributed by atoms with van der Waals surface area (Å²) in [6, 6.07) is 13.4. The van der Waals surface area contributed by atoms with E-state index < -0.39 is 5.97 Å². The molecule has 0 amide bonds. The van der Waals surface area contributed by atoms with E-state index in [9.17, 15) is 9.18 Å². The second-order valence-electron chi connectivity index (χ2n) is 9.47. The molecule has 0 unspecified atom stereocenters. The Morgan fingerprint density at radius 2 is 1.78 bits per heavy atom. The number of allylic oxidation sites excluding steroid dienone is 1. The van der Waals surface area contributed by atoms with Gasteiger partial charge in [0.05, 0.1) is 18.2 Å². The Hall–Kier alpha value is -4.00. The fourth-order valence-corrected chi connectivity index (χ4v) is 4.88. The van der Waals surface area contributed by atoms with Crippen LogP contribution in [0.25, 0.3) is 16.7 Å². The molecule has 1 N–H and O–H groups in total. The topological polar surface area (TPSA) is 66.0 Å². The van der Waals surface area contributed by atoms with Crippen LogP contribution in [0.2, 0.25) is 0 Å². The molecule has 186 valence electrons. The summed E-state index contributed by atoms with van der Waals surface area (Å²) < 4.78 is 36.4. The van der Waals surface area contributed by atoms with Crippen LogP contribution in [0.5, 0.6) is 17.2 Å². The standard InChI is InChI=1S/C29H28FNO5/c1-17-15-29(2,3)31-23-9-8-20(21-7-6-19(30)14-25(21)33-4)22(27(17)23)16-36-28(32)18-5-10-24-26(13-18)35-12-11-34-24/h5-10,13-15,31H,11-12,16H2,1-4H3. The van der Waals surface area contributed by atoms with Crippen molar-refractivity contribution in [3.63, 3.8) is 0 Å². The number of benzene rings is 3. The van der Waals surface area contributed by atoms with Crippen LogP contribution < -0.4 is 19.5 Å². The minimum atomic E-state index is -0.479. The normalized spacial score (nSPS) is 15.3. The maximum atomic E-state index is 13.9. The van der Waals surface area contributed by atoms with Crippen LogP contribution in [0.3, 0.4) is 0 Å². The maximum absolute atomic E-state index is 13.9. The summed E-state index contributed by atoms with van der Waals surface area (Å²) in [6.45, 7) is 7.15. The molecule has 36 heavy (non-hydrogen) atoms. The van der Waals surface area contributed by atoms with E-state index in [0.29, 0.717) is 41.6 Å². The number of nitrogens with one attached hydrogen (secondary N) is 1. The predicted molar refractivity (Wildman–Crippen MR) is 136 cm³/mol. The molecule has 7 heteroatoms. The van der Waals surface area contributed by atoms with E-state index in [1.807, 2.05) is 19.1 Å². The molecular weight excluding hydrogens is 461 g/mol. The van der Waals surface area contributed by atoms with Gasteiger partial charge in [-0.1, -0.05) is 12.1 Å². The summed E-state index contributed by atoms with van der Waals surface area (Å²) in [7, 11) is 1.51. The third kappa shape index (κ3) is 4.49. The number of carbonyl (C=O) groups is 1. The highest BCUT2D eigenvalue weighted by Crippen LogP contribution is 2.43. The number of fused-ring (bicyclic) bond motifs is 2. The van der Waals surface area contributed by atoms with Crippen molar-refractivity contribution in [3.05, 3.63) is 77.1 Å². The Morgan fingerprint density at radius 1 is 1.03 bits per heavy atom. The van der Waals surface area contributed by atoms with Crippen LogP contribution >= 0.6 is 0 Å². The van der Waals surface area contributed by atoms with Crippen molar-refractivity contribution in [3.8, 4) is 28.4 Å². The zero-order chi connectivity index (χ0) is 25.4. The lowest BCUT2D eigenvalue weighted by Crippen LogP contribution is -2.32. The highest BCUT2D eigenvalue weighted by Gasteiger charge is 2.27. The number of hydrogen-bond acceptors (Lipinski definition) is 6. The van der Waals surface area contributed by atoms with Crippen molar-refractivity contribution in [1.82, 2.24) is 0 Å². The molecule has 0 bridgehead atoms. The van der Waals surface area contributed by atoms with Gasteiger partial charge in [-0.3, -0.25) is 0 Å². The number of hydrogen-bond donors (Lipinski definition) is 1. The molecular formula is C29H28FNO5. The highest BCUT2D eigenvalue weighted by atomic mass is 19.1. The van der Waals surface area contributed by atoms with Gasteiger partial charge in [0.15, 0.2) is 11.5 Å². The lowest BCUT2D eigenvalue weighted by molar-refractivity contribution is 0.0472. The van der Waals surface area contributed by atoms with Gasteiger partial charge < -0.3 is 24.3 Å². The van der Waals surface area contributed by atoms with Gasteiger partial charge in [0.1, 0.15) is 31.4 Å². The van der Waals surface area contributed by atoms with Crippen LogP contribution in [-0.4, -0.2) is 31.8 Å². The Bertz CT molecular complexity index is 1380. The van der Waals surface area contributed by atoms with Gasteiger partial charge in [-0.2, -0.15) is 0 Å². The third-order valence-electron chi connectivity index (χ3n) is 6.32. The number of halogens is 1. The second kappa shape index (κ2) is 9.22. The average Bonchev–Trinajstić information content (AvgIpc) is 2.86. The van der Waals surface area contributed by atoms with Crippen molar-refractivity contribution in [2.24, 2.45) is 0 Å². The first-order valence-electron chi connectivity index (χ1n) is 11.8. The number of ether oxygens (including phenoxy) is 4. The summed E-state index contributed by atoms with van der Waals surface area (Å²) in [6.07, 6.45) is 2.15. The quantitative estimate of drug-likeness (QED) is 0.428. The van der Waals surface area contributed by atoms with Crippen LogP contribution in [-0.2, 0) is 11.3 Å². The molecule has 2 aliphatic heterocycles. The van der Waals surface area contributed by atoms with E-state index in [0.717, 1.165) is 28.0 Å². The summed E-state index contributed by atoms with van der Waals surface area (Å²) in [4.78, 5) is 13.0. The first-order valence-corrected chi connectivity index (χ1v) is 11.8. The van der Waals surface area contributed by atoms with Crippen molar-refractivity contribution >= 4 is 17.2 Å². The lowest BCUT2D eigenvalue weighted by Gasteiger charge is -2.33. The fraction of sp³-hybridized carbons (Fsp3) is 0.276. The highest BCUT2D eigenvalue weighted by molar-refractivity contribution is 5.91. The van der Waals surface area contributed by atoms with Gasteiger partial charge in [0.25, 0.3) is 0 Å². The minimum absolute atomic E-state index is 0.0135. The molecule has 3 aromatic carbocycles. The summed E-state index contributed by atoms with van der Waals surface area (Å²) >= 11 is 0. The Labute approximate surface area is 209 Å². The van der Waals surface area contributed by atoms with Crippen molar-refractivity contribution in [2.45, 2.75) is 32.9 Å². The number of anilines is 1. The summed E-state index contributed by atoms with van der Waals surface area (Å²) in [5.74, 6) is 0.664. The van der Waals surface area contributed by atoms with Crippen molar-refractivity contribution in [2.75, 3.05) is 25.6 Å². The van der Waals surface area contributed by atoms with Crippen molar-refractivity contribution < 1.29 is 28.1 Å². The zero-order valence-electron chi connectivity index (χ0n) is 20.7. The molecule has 0 saturated carbocycles. The van der Waals surface area contributed by atoms with Gasteiger partial charge >= 0.3 is 5.97 Å². The smallest absolute Gasteiger partial charge is 0.338 e. The van der Waals surface area contributed by atoms with E-state index >= 15 is 0 Å². The van der Waals surface area contributed by atoms with Gasteiger partial charge in [-0.25, -0.2) is 9.18 Å². The lowest BCUT2D eigenvalue weighted by atomic mass is 9.85. The van der Waals surface area contributed by atoms with Crippen LogP contribution in [0.15, 0.2) is 54.6 Å². The van der Waals surface area contributed by atoms with Crippen molar-refractivity contribution in [1.29, 1.82) is 0 Å². The molecule has 6 nitrogen and oxygen atoms in total. The summed E-state index contributed by atoms with van der Waals surface area (Å²) in [5, 5.41) is 3.54. The van der Waals surface area contributed by atoms with Gasteiger partial charge in [0, 0.05) is 28.4 Å². The molecule has 0 aromatic heterocycles. The molecule has 2 aliphatic rings. The van der Waals surface area contributed by atoms with E-state index in [2.05, 4.69) is 25.2 Å². The molecule has 0 atom stereocenters. The van der Waals surface area contributed by atoms with E-state index in [1.165, 1.54) is 19.2 Å². The second-order valence-corrected chi connectivity index (χ2v) is 9.47. The number of methoxy groups -OCH3 is 1. The largest absolute Gasteiger partial charge is 0.496 e.